The minimum absolute atomic E-state index is 0.211. The van der Waals surface area contributed by atoms with Gasteiger partial charge < -0.3 is 24.7 Å². The van der Waals surface area contributed by atoms with Crippen molar-refractivity contribution in [3.05, 3.63) is 34.9 Å². The Bertz CT molecular complexity index is 928. The van der Waals surface area contributed by atoms with Crippen LogP contribution in [0.4, 0.5) is 4.79 Å². The molecule has 0 aromatic carbocycles. The number of piperidine rings is 1. The number of hydrogen-bond donors (Lipinski definition) is 2. The van der Waals surface area contributed by atoms with Gasteiger partial charge in [0.05, 0.1) is 18.7 Å². The van der Waals surface area contributed by atoms with Gasteiger partial charge in [-0.25, -0.2) is 9.59 Å². The Kier molecular flexibility index (Phi) is 7.89. The van der Waals surface area contributed by atoms with Crippen molar-refractivity contribution in [2.24, 2.45) is 0 Å². The molecule has 1 atom stereocenters. The number of nitrogens with one attached hydrogen (secondary N) is 2. The average molecular weight is 474 g/mol. The van der Waals surface area contributed by atoms with Gasteiger partial charge in [-0.3, -0.25) is 14.6 Å². The van der Waals surface area contributed by atoms with E-state index in [1.54, 1.807) is 19.1 Å². The Hall–Kier alpha value is -2.85. The fourth-order valence-corrected chi connectivity index (χ4v) is 4.78. The van der Waals surface area contributed by atoms with E-state index in [0.29, 0.717) is 35.9 Å². The number of amides is 3. The highest BCUT2D eigenvalue weighted by Crippen LogP contribution is 2.29. The van der Waals surface area contributed by atoms with E-state index in [-0.39, 0.29) is 18.5 Å². The molecule has 186 valence electrons. The van der Waals surface area contributed by atoms with Gasteiger partial charge in [0.15, 0.2) is 0 Å². The summed E-state index contributed by atoms with van der Waals surface area (Å²) in [7, 11) is 0. The standard InChI is InChI=1S/C24H35N5O5/c1-3-33-23(31)21-18(25-24(32)26-22(21)19-8-7-17(2)34-19)15-27-11-13-28(14-12-27)16-20(30)29-9-5-4-6-10-29/h7-8,22H,3-6,9-16H2,1-2H3,(H2,25,26,32)/t22-/m0/s1. The normalized spacial score (nSPS) is 22.4. The number of furan rings is 1. The fourth-order valence-electron chi connectivity index (χ4n) is 4.78. The molecule has 10 heteroatoms. The molecule has 4 heterocycles. The third kappa shape index (κ3) is 5.79. The van der Waals surface area contributed by atoms with E-state index < -0.39 is 12.0 Å². The Morgan fingerprint density at radius 3 is 2.41 bits per heavy atom. The molecule has 2 N–H and O–H groups in total. The number of rotatable bonds is 7. The lowest BCUT2D eigenvalue weighted by Gasteiger charge is -2.37. The zero-order valence-corrected chi connectivity index (χ0v) is 20.1. The minimum atomic E-state index is -0.708. The first-order valence-electron chi connectivity index (χ1n) is 12.2. The molecule has 0 spiro atoms. The van der Waals surface area contributed by atoms with E-state index in [1.807, 2.05) is 11.8 Å². The number of carbonyl (C=O) groups excluding carboxylic acids is 3. The summed E-state index contributed by atoms with van der Waals surface area (Å²) >= 11 is 0. The van der Waals surface area contributed by atoms with Gasteiger partial charge >= 0.3 is 12.0 Å². The highest BCUT2D eigenvalue weighted by molar-refractivity contribution is 5.95. The van der Waals surface area contributed by atoms with Crippen LogP contribution in [0.2, 0.25) is 0 Å². The Morgan fingerprint density at radius 1 is 1.06 bits per heavy atom. The van der Waals surface area contributed by atoms with Crippen molar-refractivity contribution >= 4 is 17.9 Å². The number of piperazine rings is 1. The lowest BCUT2D eigenvalue weighted by Crippen LogP contribution is -2.53. The number of esters is 1. The lowest BCUT2D eigenvalue weighted by atomic mass is 9.99. The van der Waals surface area contributed by atoms with Gasteiger partial charge in [0.2, 0.25) is 5.91 Å². The molecule has 10 nitrogen and oxygen atoms in total. The van der Waals surface area contributed by atoms with Crippen LogP contribution in [0.25, 0.3) is 0 Å². The third-order valence-corrected chi connectivity index (χ3v) is 6.61. The van der Waals surface area contributed by atoms with Crippen LogP contribution < -0.4 is 10.6 Å². The van der Waals surface area contributed by atoms with Gasteiger partial charge in [0.25, 0.3) is 0 Å². The summed E-state index contributed by atoms with van der Waals surface area (Å²) in [5, 5.41) is 5.61. The van der Waals surface area contributed by atoms with Gasteiger partial charge in [0.1, 0.15) is 17.6 Å². The van der Waals surface area contributed by atoms with E-state index in [4.69, 9.17) is 9.15 Å². The number of nitrogens with zero attached hydrogens (tertiary/aromatic N) is 3. The van der Waals surface area contributed by atoms with Crippen molar-refractivity contribution in [3.8, 4) is 0 Å². The highest BCUT2D eigenvalue weighted by Gasteiger charge is 2.36. The van der Waals surface area contributed by atoms with Gasteiger partial charge in [-0.2, -0.15) is 0 Å². The number of carbonyl (C=O) groups is 3. The predicted octanol–water partition coefficient (Wildman–Crippen LogP) is 1.39. The summed E-state index contributed by atoms with van der Waals surface area (Å²) in [6.45, 7) is 9.39. The third-order valence-electron chi connectivity index (χ3n) is 6.61. The van der Waals surface area contributed by atoms with Gasteiger partial charge in [-0.1, -0.05) is 0 Å². The summed E-state index contributed by atoms with van der Waals surface area (Å²) in [4.78, 5) is 44.3. The maximum atomic E-state index is 12.9. The molecule has 0 unspecified atom stereocenters. The molecule has 1 aromatic heterocycles. The molecular weight excluding hydrogens is 438 g/mol. The number of ether oxygens (including phenoxy) is 1. The van der Waals surface area contributed by atoms with Crippen LogP contribution in [0, 0.1) is 6.92 Å². The second-order valence-corrected chi connectivity index (χ2v) is 9.09. The second-order valence-electron chi connectivity index (χ2n) is 9.09. The fraction of sp³-hybridized carbons (Fsp3) is 0.625. The molecule has 3 aliphatic heterocycles. The zero-order chi connectivity index (χ0) is 24.1. The van der Waals surface area contributed by atoms with Crippen molar-refractivity contribution in [1.29, 1.82) is 0 Å². The maximum Gasteiger partial charge on any atom is 0.338 e. The molecular formula is C24H35N5O5. The first kappa shape index (κ1) is 24.3. The largest absolute Gasteiger partial charge is 0.464 e. The van der Waals surface area contributed by atoms with Crippen LogP contribution >= 0.6 is 0 Å². The van der Waals surface area contributed by atoms with E-state index in [2.05, 4.69) is 20.4 Å². The number of likely N-dealkylation sites (tertiary alicyclic amines) is 1. The van der Waals surface area contributed by atoms with E-state index >= 15 is 0 Å². The van der Waals surface area contributed by atoms with Crippen LogP contribution in [0.3, 0.4) is 0 Å². The number of hydrogen-bond acceptors (Lipinski definition) is 7. The Balaban J connectivity index is 1.42. The first-order chi connectivity index (χ1) is 16.4. The van der Waals surface area contributed by atoms with E-state index in [0.717, 1.165) is 52.1 Å². The Morgan fingerprint density at radius 2 is 1.76 bits per heavy atom. The molecule has 2 fully saturated rings. The number of aryl methyl sites for hydroxylation is 1. The summed E-state index contributed by atoms with van der Waals surface area (Å²) in [6.07, 6.45) is 3.39. The van der Waals surface area contributed by atoms with Crippen LogP contribution in [-0.4, -0.2) is 91.6 Å². The van der Waals surface area contributed by atoms with Crippen LogP contribution in [0.1, 0.15) is 43.7 Å². The topological polar surface area (TPSA) is 107 Å². The monoisotopic (exact) mass is 473 g/mol. The zero-order valence-electron chi connectivity index (χ0n) is 20.1. The van der Waals surface area contributed by atoms with Crippen molar-refractivity contribution in [1.82, 2.24) is 25.3 Å². The molecule has 1 aromatic rings. The SMILES string of the molecule is CCOC(=O)C1=C(CN2CCN(CC(=O)N3CCCCC3)CC2)NC(=O)N[C@H]1c1ccc(C)o1. The van der Waals surface area contributed by atoms with Crippen LogP contribution in [-0.2, 0) is 14.3 Å². The molecule has 3 amide bonds. The molecule has 0 aliphatic carbocycles. The molecule has 4 rings (SSSR count). The van der Waals surface area contributed by atoms with Crippen molar-refractivity contribution in [2.45, 2.75) is 39.2 Å². The second kappa shape index (κ2) is 11.1. The first-order valence-corrected chi connectivity index (χ1v) is 12.2. The molecule has 0 radical (unpaired) electrons. The van der Waals surface area contributed by atoms with Crippen LogP contribution in [0.5, 0.6) is 0 Å². The van der Waals surface area contributed by atoms with Gasteiger partial charge in [-0.05, 0) is 45.2 Å². The van der Waals surface area contributed by atoms with Gasteiger partial charge in [-0.15, -0.1) is 0 Å². The quantitative estimate of drug-likeness (QED) is 0.576. The Labute approximate surface area is 200 Å². The summed E-state index contributed by atoms with van der Waals surface area (Å²) < 4.78 is 11.0. The summed E-state index contributed by atoms with van der Waals surface area (Å²) in [5.41, 5.74) is 0.887. The van der Waals surface area contributed by atoms with Crippen LogP contribution in [0.15, 0.2) is 27.8 Å². The molecule has 34 heavy (non-hydrogen) atoms. The smallest absolute Gasteiger partial charge is 0.338 e. The van der Waals surface area contributed by atoms with Crippen molar-refractivity contribution < 1.29 is 23.5 Å². The highest BCUT2D eigenvalue weighted by atomic mass is 16.5. The molecule has 0 bridgehead atoms. The maximum absolute atomic E-state index is 12.9. The summed E-state index contributed by atoms with van der Waals surface area (Å²) in [6, 6.07) is 2.48. The average Bonchev–Trinajstić information content (AvgIpc) is 3.27. The van der Waals surface area contributed by atoms with Crippen molar-refractivity contribution in [2.75, 3.05) is 59.0 Å². The summed E-state index contributed by atoms with van der Waals surface area (Å²) in [5.74, 6) is 0.925. The predicted molar refractivity (Wildman–Crippen MR) is 125 cm³/mol. The molecule has 3 aliphatic rings. The molecule has 2 saturated heterocycles. The molecule has 0 saturated carbocycles. The van der Waals surface area contributed by atoms with E-state index in [9.17, 15) is 14.4 Å². The van der Waals surface area contributed by atoms with Crippen molar-refractivity contribution in [3.63, 3.8) is 0 Å². The lowest BCUT2D eigenvalue weighted by molar-refractivity contribution is -0.139. The van der Waals surface area contributed by atoms with E-state index in [1.165, 1.54) is 6.42 Å². The minimum Gasteiger partial charge on any atom is -0.464 e. The van der Waals surface area contributed by atoms with Gasteiger partial charge in [0, 0.05) is 51.5 Å². The number of urea groups is 1.